The molecule has 1 saturated carbocycles. The van der Waals surface area contributed by atoms with Crippen molar-refractivity contribution in [3.05, 3.63) is 18.0 Å². The number of nitrogens with two attached hydrogens (primary N) is 1. The van der Waals surface area contributed by atoms with E-state index < -0.39 is 0 Å². The molecular weight excluding hydrogens is 261 g/mol. The number of halogens is 2. The fourth-order valence-corrected chi connectivity index (χ4v) is 2.19. The Morgan fingerprint density at radius 3 is 2.71 bits per heavy atom. The highest BCUT2D eigenvalue weighted by molar-refractivity contribution is 5.85. The summed E-state index contributed by atoms with van der Waals surface area (Å²) in [5.74, 6) is 0.835. The first-order chi connectivity index (χ1) is 7.34. The quantitative estimate of drug-likeness (QED) is 0.920. The molecule has 2 heterocycles. The Labute approximate surface area is 114 Å². The molecule has 1 aromatic rings. The maximum Gasteiger partial charge on any atom is 0.114 e. The molecule has 0 bridgehead atoms. The number of ether oxygens (including phenoxy) is 1. The Balaban J connectivity index is 0.000000722. The van der Waals surface area contributed by atoms with E-state index in [-0.39, 0.29) is 37.0 Å². The van der Waals surface area contributed by atoms with Gasteiger partial charge in [-0.1, -0.05) is 0 Å². The van der Waals surface area contributed by atoms with Gasteiger partial charge in [0, 0.05) is 25.4 Å². The summed E-state index contributed by atoms with van der Waals surface area (Å²) in [4.78, 5) is 0. The third-order valence-corrected chi connectivity index (χ3v) is 3.31. The van der Waals surface area contributed by atoms with Gasteiger partial charge in [-0.2, -0.15) is 5.10 Å². The SMILES string of the molecule is Cl.Cl.NC1CCOC1c1ccnn1CC1CC1. The lowest BCUT2D eigenvalue weighted by Gasteiger charge is -2.16. The molecule has 1 aromatic heterocycles. The monoisotopic (exact) mass is 279 g/mol. The summed E-state index contributed by atoms with van der Waals surface area (Å²) in [5.41, 5.74) is 7.18. The highest BCUT2D eigenvalue weighted by atomic mass is 35.5. The maximum atomic E-state index is 6.02. The van der Waals surface area contributed by atoms with E-state index >= 15 is 0 Å². The predicted octanol–water partition coefficient (Wildman–Crippen LogP) is 1.93. The van der Waals surface area contributed by atoms with E-state index in [2.05, 4.69) is 9.78 Å². The smallest absolute Gasteiger partial charge is 0.114 e. The predicted molar refractivity (Wildman–Crippen MR) is 70.7 cm³/mol. The van der Waals surface area contributed by atoms with Crippen LogP contribution in [0.2, 0.25) is 0 Å². The topological polar surface area (TPSA) is 53.1 Å². The summed E-state index contributed by atoms with van der Waals surface area (Å²) in [7, 11) is 0. The highest BCUT2D eigenvalue weighted by Gasteiger charge is 2.30. The normalized spacial score (nSPS) is 27.4. The van der Waals surface area contributed by atoms with Crippen LogP contribution < -0.4 is 5.73 Å². The number of hydrogen-bond acceptors (Lipinski definition) is 3. The zero-order valence-corrected chi connectivity index (χ0v) is 11.3. The van der Waals surface area contributed by atoms with E-state index in [9.17, 15) is 0 Å². The highest BCUT2D eigenvalue weighted by Crippen LogP contribution is 2.33. The largest absolute Gasteiger partial charge is 0.370 e. The Hall–Kier alpha value is -0.290. The molecule has 1 aliphatic carbocycles. The third-order valence-electron chi connectivity index (χ3n) is 3.31. The van der Waals surface area contributed by atoms with Crippen molar-refractivity contribution in [2.75, 3.05) is 6.61 Å². The molecule has 2 aliphatic rings. The van der Waals surface area contributed by atoms with Gasteiger partial charge < -0.3 is 10.5 Å². The fraction of sp³-hybridized carbons (Fsp3) is 0.727. The van der Waals surface area contributed by atoms with Crippen molar-refractivity contribution in [1.82, 2.24) is 9.78 Å². The lowest BCUT2D eigenvalue weighted by molar-refractivity contribution is 0.0970. The molecule has 1 aliphatic heterocycles. The number of rotatable bonds is 3. The molecule has 2 N–H and O–H groups in total. The second kappa shape index (κ2) is 6.05. The minimum Gasteiger partial charge on any atom is -0.370 e. The van der Waals surface area contributed by atoms with Gasteiger partial charge in [-0.05, 0) is 31.2 Å². The first kappa shape index (κ1) is 14.8. The third kappa shape index (κ3) is 3.13. The Kier molecular flexibility index (Phi) is 5.25. The summed E-state index contributed by atoms with van der Waals surface area (Å²) in [6.07, 6.45) is 5.56. The molecule has 17 heavy (non-hydrogen) atoms. The van der Waals surface area contributed by atoms with Crippen LogP contribution in [0.25, 0.3) is 0 Å². The second-order valence-electron chi connectivity index (χ2n) is 4.63. The van der Waals surface area contributed by atoms with Crippen molar-refractivity contribution in [2.24, 2.45) is 11.7 Å². The van der Waals surface area contributed by atoms with E-state index in [1.807, 2.05) is 12.3 Å². The summed E-state index contributed by atoms with van der Waals surface area (Å²) in [6, 6.07) is 2.18. The van der Waals surface area contributed by atoms with Gasteiger partial charge in [-0.15, -0.1) is 24.8 Å². The van der Waals surface area contributed by atoms with E-state index in [0.717, 1.165) is 31.2 Å². The summed E-state index contributed by atoms with van der Waals surface area (Å²) in [6.45, 7) is 1.81. The molecule has 2 unspecified atom stereocenters. The van der Waals surface area contributed by atoms with E-state index in [1.54, 1.807) is 0 Å². The van der Waals surface area contributed by atoms with Crippen LogP contribution >= 0.6 is 24.8 Å². The van der Waals surface area contributed by atoms with E-state index in [1.165, 1.54) is 12.8 Å². The summed E-state index contributed by atoms with van der Waals surface area (Å²) in [5, 5.41) is 4.36. The molecule has 3 rings (SSSR count). The lowest BCUT2D eigenvalue weighted by atomic mass is 10.1. The molecule has 0 spiro atoms. The number of nitrogens with zero attached hydrogens (tertiary/aromatic N) is 2. The Bertz CT molecular complexity index is 354. The molecular formula is C11H19Cl2N3O. The van der Waals surface area contributed by atoms with Crippen LogP contribution in [0.3, 0.4) is 0 Å². The van der Waals surface area contributed by atoms with Crippen LogP contribution in [0, 0.1) is 5.92 Å². The van der Waals surface area contributed by atoms with Crippen LogP contribution in [-0.4, -0.2) is 22.4 Å². The van der Waals surface area contributed by atoms with Gasteiger partial charge in [0.2, 0.25) is 0 Å². The molecule has 2 fully saturated rings. The molecule has 0 amide bonds. The number of hydrogen-bond donors (Lipinski definition) is 1. The number of aromatic nitrogens is 2. The second-order valence-corrected chi connectivity index (χ2v) is 4.63. The Morgan fingerprint density at radius 1 is 1.35 bits per heavy atom. The van der Waals surface area contributed by atoms with Gasteiger partial charge in [-0.25, -0.2) is 0 Å². The minimum absolute atomic E-state index is 0. The zero-order chi connectivity index (χ0) is 10.3. The van der Waals surface area contributed by atoms with Crippen molar-refractivity contribution in [3.63, 3.8) is 0 Å². The first-order valence-electron chi connectivity index (χ1n) is 5.73. The summed E-state index contributed by atoms with van der Waals surface area (Å²) < 4.78 is 7.74. The van der Waals surface area contributed by atoms with Crippen molar-refractivity contribution in [2.45, 2.75) is 38.0 Å². The van der Waals surface area contributed by atoms with Crippen molar-refractivity contribution in [3.8, 4) is 0 Å². The fourth-order valence-electron chi connectivity index (χ4n) is 2.19. The maximum absolute atomic E-state index is 6.02. The molecule has 1 saturated heterocycles. The van der Waals surface area contributed by atoms with Gasteiger partial charge in [0.25, 0.3) is 0 Å². The van der Waals surface area contributed by atoms with Crippen LogP contribution in [0.1, 0.15) is 31.1 Å². The minimum atomic E-state index is 0. The lowest BCUT2D eigenvalue weighted by Crippen LogP contribution is -2.25. The van der Waals surface area contributed by atoms with Gasteiger partial charge in [0.05, 0.1) is 5.69 Å². The molecule has 98 valence electrons. The van der Waals surface area contributed by atoms with Crippen molar-refractivity contribution in [1.29, 1.82) is 0 Å². The van der Waals surface area contributed by atoms with Gasteiger partial charge in [0.1, 0.15) is 6.10 Å². The van der Waals surface area contributed by atoms with Crippen LogP contribution in [0.4, 0.5) is 0 Å². The Morgan fingerprint density at radius 2 is 2.12 bits per heavy atom. The van der Waals surface area contributed by atoms with Crippen LogP contribution in [0.5, 0.6) is 0 Å². The summed E-state index contributed by atoms with van der Waals surface area (Å²) >= 11 is 0. The van der Waals surface area contributed by atoms with Gasteiger partial charge in [0.15, 0.2) is 0 Å². The van der Waals surface area contributed by atoms with Crippen molar-refractivity contribution < 1.29 is 4.74 Å². The van der Waals surface area contributed by atoms with E-state index in [0.29, 0.717) is 0 Å². The van der Waals surface area contributed by atoms with Crippen molar-refractivity contribution >= 4 is 24.8 Å². The van der Waals surface area contributed by atoms with Crippen LogP contribution in [-0.2, 0) is 11.3 Å². The molecule has 0 aromatic carbocycles. The van der Waals surface area contributed by atoms with Gasteiger partial charge in [-0.3, -0.25) is 4.68 Å². The molecule has 0 radical (unpaired) electrons. The zero-order valence-electron chi connectivity index (χ0n) is 9.62. The van der Waals surface area contributed by atoms with E-state index in [4.69, 9.17) is 10.5 Å². The standard InChI is InChI=1S/C11H17N3O.2ClH/c12-9-4-6-15-11(9)10-3-5-13-14(10)7-8-1-2-8;;/h3,5,8-9,11H,1-2,4,6-7,12H2;2*1H. The molecule has 6 heteroatoms. The van der Waals surface area contributed by atoms with Gasteiger partial charge >= 0.3 is 0 Å². The molecule has 2 atom stereocenters. The first-order valence-corrected chi connectivity index (χ1v) is 5.73. The average molecular weight is 280 g/mol. The average Bonchev–Trinajstić information content (AvgIpc) is 2.74. The molecule has 4 nitrogen and oxygen atoms in total. The van der Waals surface area contributed by atoms with Crippen LogP contribution in [0.15, 0.2) is 12.3 Å².